The van der Waals surface area contributed by atoms with Gasteiger partial charge in [0, 0.05) is 13.3 Å². The second-order valence-corrected chi connectivity index (χ2v) is 2.67. The number of rotatable bonds is 2. The Morgan fingerprint density at radius 1 is 1.56 bits per heavy atom. The molecule has 0 atom stereocenters. The van der Waals surface area contributed by atoms with E-state index < -0.39 is 0 Å². The second kappa shape index (κ2) is 4.62. The lowest BCUT2D eigenvalue weighted by Crippen LogP contribution is -1.85. The first-order valence-electron chi connectivity index (χ1n) is 2.99. The molecule has 1 nitrogen and oxygen atoms in total. The Hall–Kier alpha value is -0.240. The highest BCUT2D eigenvalue weighted by atomic mass is 32.1. The number of aliphatic imine (C=N–C) groups is 1. The minimum atomic E-state index is 0.506. The summed E-state index contributed by atoms with van der Waals surface area (Å²) in [5.41, 5.74) is 0. The van der Waals surface area contributed by atoms with Crippen molar-refractivity contribution in [1.29, 1.82) is 0 Å². The van der Waals surface area contributed by atoms with Crippen LogP contribution in [0.1, 0.15) is 13.8 Å². The van der Waals surface area contributed by atoms with Gasteiger partial charge in [0.05, 0.1) is 0 Å². The molecule has 0 aromatic rings. The van der Waals surface area contributed by atoms with Gasteiger partial charge >= 0.3 is 0 Å². The monoisotopic (exact) mass is 143 g/mol. The average Bonchev–Trinajstić information content (AvgIpc) is 1.82. The van der Waals surface area contributed by atoms with Crippen molar-refractivity contribution < 1.29 is 0 Å². The van der Waals surface area contributed by atoms with Crippen molar-refractivity contribution in [3.05, 3.63) is 11.0 Å². The van der Waals surface area contributed by atoms with Crippen LogP contribution < -0.4 is 0 Å². The number of hydrogen-bond acceptors (Lipinski definition) is 2. The van der Waals surface area contributed by atoms with Crippen molar-refractivity contribution in [1.82, 2.24) is 0 Å². The van der Waals surface area contributed by atoms with Gasteiger partial charge in [0.25, 0.3) is 0 Å². The molecule has 0 aliphatic carbocycles. The summed E-state index contributed by atoms with van der Waals surface area (Å²) in [5, 5.41) is 0. The van der Waals surface area contributed by atoms with Gasteiger partial charge < -0.3 is 0 Å². The summed E-state index contributed by atoms with van der Waals surface area (Å²) in [6, 6.07) is 0. The van der Waals surface area contributed by atoms with Gasteiger partial charge in [-0.3, -0.25) is 4.99 Å². The summed E-state index contributed by atoms with van der Waals surface area (Å²) in [6.07, 6.45) is 3.66. The predicted octanol–water partition coefficient (Wildman–Crippen LogP) is 2.16. The van der Waals surface area contributed by atoms with E-state index in [1.807, 2.05) is 6.08 Å². The molecule has 0 aromatic carbocycles. The van der Waals surface area contributed by atoms with E-state index in [0.29, 0.717) is 5.92 Å². The molecular formula is C7H13NS. The van der Waals surface area contributed by atoms with Crippen molar-refractivity contribution in [2.45, 2.75) is 13.8 Å². The molecule has 0 aliphatic heterocycles. The highest BCUT2D eigenvalue weighted by Crippen LogP contribution is 2.11. The Bertz CT molecular complexity index is 125. The van der Waals surface area contributed by atoms with Gasteiger partial charge in [-0.05, 0) is 16.9 Å². The third-order valence-corrected chi connectivity index (χ3v) is 1.65. The van der Waals surface area contributed by atoms with Gasteiger partial charge in [-0.25, -0.2) is 0 Å². The Kier molecular flexibility index (Phi) is 4.50. The molecule has 0 radical (unpaired) electrons. The van der Waals surface area contributed by atoms with Gasteiger partial charge in [0.1, 0.15) is 0 Å². The highest BCUT2D eigenvalue weighted by Gasteiger charge is 1.93. The summed E-state index contributed by atoms with van der Waals surface area (Å²) >= 11 is 4.23. The highest BCUT2D eigenvalue weighted by molar-refractivity contribution is 7.84. The molecule has 0 N–H and O–H groups in total. The fourth-order valence-corrected chi connectivity index (χ4v) is 0.410. The second-order valence-electron chi connectivity index (χ2n) is 2.15. The summed E-state index contributed by atoms with van der Waals surface area (Å²) < 4.78 is 0. The maximum absolute atomic E-state index is 4.23. The van der Waals surface area contributed by atoms with Crippen LogP contribution in [0.2, 0.25) is 0 Å². The van der Waals surface area contributed by atoms with E-state index in [2.05, 4.69) is 31.5 Å². The Labute approximate surface area is 62.3 Å². The van der Waals surface area contributed by atoms with E-state index in [0.717, 1.165) is 4.91 Å². The first kappa shape index (κ1) is 8.76. The van der Waals surface area contributed by atoms with Crippen LogP contribution in [0, 0.1) is 5.92 Å². The topological polar surface area (TPSA) is 12.4 Å². The smallest absolute Gasteiger partial charge is 0.0277 e. The van der Waals surface area contributed by atoms with Crippen LogP contribution in [-0.2, 0) is 0 Å². The quantitative estimate of drug-likeness (QED) is 0.449. The van der Waals surface area contributed by atoms with Crippen LogP contribution in [0.25, 0.3) is 0 Å². The van der Waals surface area contributed by atoms with Crippen molar-refractivity contribution >= 4 is 18.8 Å². The standard InChI is InChI=1S/C7H13NS/c1-6(2)7(9)4-5-8-3/h4-6,9H,1-3H3/b7-4-,8-5-. The zero-order chi connectivity index (χ0) is 7.28. The number of allylic oxidation sites excluding steroid dienone is 2. The molecule has 0 spiro atoms. The predicted molar refractivity (Wildman–Crippen MR) is 46.3 cm³/mol. The lowest BCUT2D eigenvalue weighted by atomic mass is 10.2. The molecule has 0 rings (SSSR count). The Morgan fingerprint density at radius 2 is 2.11 bits per heavy atom. The molecule has 0 saturated carbocycles. The largest absolute Gasteiger partial charge is 0.296 e. The first-order chi connectivity index (χ1) is 4.18. The van der Waals surface area contributed by atoms with Crippen LogP contribution in [0.5, 0.6) is 0 Å². The fourth-order valence-electron chi connectivity index (χ4n) is 0.343. The normalized spacial score (nSPS) is 13.7. The summed E-state index contributed by atoms with van der Waals surface area (Å²) in [6.45, 7) is 4.20. The minimum Gasteiger partial charge on any atom is -0.296 e. The maximum atomic E-state index is 4.23. The molecule has 0 unspecified atom stereocenters. The maximum Gasteiger partial charge on any atom is 0.0277 e. The van der Waals surface area contributed by atoms with E-state index in [1.54, 1.807) is 13.3 Å². The first-order valence-corrected chi connectivity index (χ1v) is 3.44. The zero-order valence-corrected chi connectivity index (χ0v) is 7.02. The van der Waals surface area contributed by atoms with Gasteiger partial charge in [-0.1, -0.05) is 13.8 Å². The van der Waals surface area contributed by atoms with Crippen molar-refractivity contribution in [2.24, 2.45) is 10.9 Å². The third kappa shape index (κ3) is 4.28. The van der Waals surface area contributed by atoms with Crippen LogP contribution in [0.4, 0.5) is 0 Å². The van der Waals surface area contributed by atoms with Gasteiger partial charge in [-0.15, -0.1) is 12.6 Å². The molecule has 2 heteroatoms. The number of thiol groups is 1. The van der Waals surface area contributed by atoms with Crippen LogP contribution >= 0.6 is 12.6 Å². The summed E-state index contributed by atoms with van der Waals surface area (Å²) in [5.74, 6) is 0.506. The molecule has 0 heterocycles. The van der Waals surface area contributed by atoms with Crippen molar-refractivity contribution in [2.75, 3.05) is 7.05 Å². The van der Waals surface area contributed by atoms with Crippen LogP contribution in [0.15, 0.2) is 16.0 Å². The molecule has 0 bridgehead atoms. The summed E-state index contributed by atoms with van der Waals surface area (Å²) in [4.78, 5) is 4.88. The van der Waals surface area contributed by atoms with Gasteiger partial charge in [0.15, 0.2) is 0 Å². The zero-order valence-electron chi connectivity index (χ0n) is 6.13. The fraction of sp³-hybridized carbons (Fsp3) is 0.571. The lowest BCUT2D eigenvalue weighted by Gasteiger charge is -1.99. The van der Waals surface area contributed by atoms with Crippen LogP contribution in [0.3, 0.4) is 0 Å². The number of hydrogen-bond donors (Lipinski definition) is 1. The third-order valence-electron chi connectivity index (χ3n) is 0.986. The Morgan fingerprint density at radius 3 is 2.44 bits per heavy atom. The van der Waals surface area contributed by atoms with E-state index in [-0.39, 0.29) is 0 Å². The molecule has 52 valence electrons. The van der Waals surface area contributed by atoms with Crippen molar-refractivity contribution in [3.63, 3.8) is 0 Å². The molecule has 0 amide bonds. The van der Waals surface area contributed by atoms with Crippen molar-refractivity contribution in [3.8, 4) is 0 Å². The minimum absolute atomic E-state index is 0.506. The molecule has 0 fully saturated rings. The molecular weight excluding hydrogens is 130 g/mol. The van der Waals surface area contributed by atoms with Gasteiger partial charge in [-0.2, -0.15) is 0 Å². The average molecular weight is 143 g/mol. The number of nitrogens with zero attached hydrogens (tertiary/aromatic N) is 1. The lowest BCUT2D eigenvalue weighted by molar-refractivity contribution is 0.819. The Balaban J connectivity index is 3.84. The van der Waals surface area contributed by atoms with E-state index in [1.165, 1.54) is 0 Å². The van der Waals surface area contributed by atoms with Crippen LogP contribution in [-0.4, -0.2) is 13.3 Å². The van der Waals surface area contributed by atoms with E-state index in [9.17, 15) is 0 Å². The SMILES string of the molecule is C/N=C\C=C(/S)C(C)C. The molecule has 9 heavy (non-hydrogen) atoms. The van der Waals surface area contributed by atoms with E-state index >= 15 is 0 Å². The summed E-state index contributed by atoms with van der Waals surface area (Å²) in [7, 11) is 1.75. The van der Waals surface area contributed by atoms with E-state index in [4.69, 9.17) is 0 Å². The molecule has 0 saturated heterocycles. The molecule has 0 aromatic heterocycles. The van der Waals surface area contributed by atoms with Gasteiger partial charge in [0.2, 0.25) is 0 Å². The molecule has 0 aliphatic rings.